The lowest BCUT2D eigenvalue weighted by Gasteiger charge is -2.12. The van der Waals surface area contributed by atoms with Crippen LogP contribution in [-0.2, 0) is 4.79 Å². The van der Waals surface area contributed by atoms with Crippen molar-refractivity contribution in [1.29, 1.82) is 0 Å². The maximum absolute atomic E-state index is 11.7. The second-order valence-electron chi connectivity index (χ2n) is 2.98. The molecule has 0 fully saturated rings. The van der Waals surface area contributed by atoms with E-state index in [2.05, 4.69) is 0 Å². The van der Waals surface area contributed by atoms with Crippen LogP contribution in [0, 0.1) is 10.1 Å². The van der Waals surface area contributed by atoms with Crippen molar-refractivity contribution in [2.75, 3.05) is 5.88 Å². The van der Waals surface area contributed by atoms with Crippen LogP contribution in [-0.4, -0.2) is 27.6 Å². The van der Waals surface area contributed by atoms with Gasteiger partial charge >= 0.3 is 0 Å². The van der Waals surface area contributed by atoms with Gasteiger partial charge in [0.15, 0.2) is 0 Å². The molecule has 0 aromatic heterocycles. The van der Waals surface area contributed by atoms with Crippen molar-refractivity contribution in [3.05, 3.63) is 39.9 Å². The predicted molar refractivity (Wildman–Crippen MR) is 59.2 cm³/mol. The van der Waals surface area contributed by atoms with Crippen molar-refractivity contribution in [2.24, 2.45) is 5.84 Å². The maximum Gasteiger partial charge on any atom is 0.282 e. The van der Waals surface area contributed by atoms with Crippen LogP contribution in [0.25, 0.3) is 0 Å². The van der Waals surface area contributed by atoms with Gasteiger partial charge in [-0.25, -0.2) is 10.9 Å². The minimum Gasteiger partial charge on any atom is -0.272 e. The van der Waals surface area contributed by atoms with Crippen molar-refractivity contribution in [2.45, 2.75) is 0 Å². The average Bonchev–Trinajstić information content (AvgIpc) is 2.35. The van der Waals surface area contributed by atoms with Crippen LogP contribution in [0.15, 0.2) is 24.3 Å². The largest absolute Gasteiger partial charge is 0.282 e. The number of rotatable bonds is 3. The van der Waals surface area contributed by atoms with Crippen molar-refractivity contribution in [3.8, 4) is 0 Å². The van der Waals surface area contributed by atoms with Crippen LogP contribution in [0.4, 0.5) is 5.69 Å². The Morgan fingerprint density at radius 2 is 2.00 bits per heavy atom. The minimum absolute atomic E-state index is 0.259. The van der Waals surface area contributed by atoms with E-state index >= 15 is 0 Å². The number of alkyl halides is 1. The van der Waals surface area contributed by atoms with Gasteiger partial charge in [-0.15, -0.1) is 11.6 Å². The summed E-state index contributed by atoms with van der Waals surface area (Å²) in [5.74, 6) is 2.91. The molecule has 90 valence electrons. The number of halogens is 1. The standard InChI is InChI=1S/C9H8ClN3O4/c10-5-8(14)12(11)9(15)6-3-1-2-4-7(6)13(16)17/h1-4H,5,11H2. The summed E-state index contributed by atoms with van der Waals surface area (Å²) < 4.78 is 0. The highest BCUT2D eigenvalue weighted by molar-refractivity contribution is 6.28. The second-order valence-corrected chi connectivity index (χ2v) is 3.24. The zero-order chi connectivity index (χ0) is 13.0. The molecule has 0 unspecified atom stereocenters. The average molecular weight is 258 g/mol. The third-order valence-corrected chi connectivity index (χ3v) is 2.16. The van der Waals surface area contributed by atoms with Gasteiger partial charge in [-0.2, -0.15) is 0 Å². The molecule has 0 aliphatic heterocycles. The van der Waals surface area contributed by atoms with Gasteiger partial charge in [0.05, 0.1) is 4.92 Å². The molecule has 7 nitrogen and oxygen atoms in total. The lowest BCUT2D eigenvalue weighted by molar-refractivity contribution is -0.385. The number of nitrogens with zero attached hydrogens (tertiary/aromatic N) is 2. The Hall–Kier alpha value is -1.99. The molecule has 8 heteroatoms. The van der Waals surface area contributed by atoms with Crippen molar-refractivity contribution >= 4 is 29.1 Å². The number of carbonyl (C=O) groups is 2. The highest BCUT2D eigenvalue weighted by Crippen LogP contribution is 2.18. The van der Waals surface area contributed by atoms with Crippen LogP contribution in [0.5, 0.6) is 0 Å². The van der Waals surface area contributed by atoms with E-state index < -0.39 is 28.3 Å². The van der Waals surface area contributed by atoms with Gasteiger partial charge in [0.25, 0.3) is 17.5 Å². The monoisotopic (exact) mass is 257 g/mol. The van der Waals surface area contributed by atoms with Gasteiger partial charge < -0.3 is 0 Å². The number of benzene rings is 1. The van der Waals surface area contributed by atoms with Gasteiger partial charge in [0.2, 0.25) is 0 Å². The number of hydrogen-bond donors (Lipinski definition) is 1. The number of imide groups is 1. The van der Waals surface area contributed by atoms with E-state index in [0.717, 1.165) is 6.07 Å². The van der Waals surface area contributed by atoms with Crippen molar-refractivity contribution in [1.82, 2.24) is 5.01 Å². The first-order chi connectivity index (χ1) is 7.99. The maximum atomic E-state index is 11.7. The number of nitro benzene ring substituents is 1. The van der Waals surface area contributed by atoms with Gasteiger partial charge in [-0.05, 0) is 6.07 Å². The summed E-state index contributed by atoms with van der Waals surface area (Å²) in [5.41, 5.74) is -0.686. The fraction of sp³-hybridized carbons (Fsp3) is 0.111. The Balaban J connectivity index is 3.12. The molecular weight excluding hydrogens is 250 g/mol. The molecule has 0 saturated heterocycles. The normalized spacial score (nSPS) is 9.76. The zero-order valence-electron chi connectivity index (χ0n) is 8.50. The van der Waals surface area contributed by atoms with Crippen LogP contribution < -0.4 is 5.84 Å². The van der Waals surface area contributed by atoms with Crippen LogP contribution in [0.2, 0.25) is 0 Å². The number of amides is 2. The Bertz CT molecular complexity index is 477. The first-order valence-electron chi connectivity index (χ1n) is 4.40. The fourth-order valence-corrected chi connectivity index (χ4v) is 1.25. The van der Waals surface area contributed by atoms with Crippen molar-refractivity contribution < 1.29 is 14.5 Å². The Kier molecular flexibility index (Phi) is 4.13. The Labute approximate surface area is 101 Å². The molecule has 17 heavy (non-hydrogen) atoms. The van der Waals surface area contributed by atoms with Crippen LogP contribution >= 0.6 is 11.6 Å². The van der Waals surface area contributed by atoms with Crippen LogP contribution in [0.1, 0.15) is 10.4 Å². The summed E-state index contributed by atoms with van der Waals surface area (Å²) >= 11 is 5.22. The summed E-state index contributed by atoms with van der Waals surface area (Å²) in [7, 11) is 0. The molecule has 0 bridgehead atoms. The van der Waals surface area contributed by atoms with E-state index in [1.165, 1.54) is 18.2 Å². The number of nitro groups is 1. The molecule has 1 aromatic carbocycles. The number of para-hydroxylation sites is 1. The van der Waals surface area contributed by atoms with E-state index in [9.17, 15) is 19.7 Å². The number of carbonyl (C=O) groups excluding carboxylic acids is 2. The summed E-state index contributed by atoms with van der Waals surface area (Å²) in [5, 5.41) is 10.9. The lowest BCUT2D eigenvalue weighted by atomic mass is 10.1. The van der Waals surface area contributed by atoms with E-state index in [1.807, 2.05) is 0 Å². The smallest absolute Gasteiger partial charge is 0.272 e. The second kappa shape index (κ2) is 5.37. The quantitative estimate of drug-likeness (QED) is 0.282. The molecule has 0 heterocycles. The summed E-state index contributed by atoms with van der Waals surface area (Å²) in [6, 6.07) is 5.19. The lowest BCUT2D eigenvalue weighted by Crippen LogP contribution is -2.43. The summed E-state index contributed by atoms with van der Waals surface area (Å²) in [6.07, 6.45) is 0. The summed E-state index contributed by atoms with van der Waals surface area (Å²) in [4.78, 5) is 32.7. The Morgan fingerprint density at radius 3 is 2.53 bits per heavy atom. The molecule has 1 rings (SSSR count). The molecule has 1 aromatic rings. The molecule has 0 radical (unpaired) electrons. The first-order valence-corrected chi connectivity index (χ1v) is 4.94. The molecule has 0 spiro atoms. The van der Waals surface area contributed by atoms with Gasteiger partial charge in [-0.3, -0.25) is 19.7 Å². The zero-order valence-corrected chi connectivity index (χ0v) is 9.26. The molecule has 0 aliphatic rings. The molecule has 2 amide bonds. The Morgan fingerprint density at radius 1 is 1.41 bits per heavy atom. The van der Waals surface area contributed by atoms with E-state index in [1.54, 1.807) is 0 Å². The van der Waals surface area contributed by atoms with Gasteiger partial charge in [0.1, 0.15) is 11.4 Å². The number of hydrazine groups is 1. The third-order valence-electron chi connectivity index (χ3n) is 1.93. The first kappa shape index (κ1) is 13.1. The van der Waals surface area contributed by atoms with E-state index in [-0.39, 0.29) is 10.6 Å². The minimum atomic E-state index is -0.969. The number of hydrogen-bond acceptors (Lipinski definition) is 5. The topological polar surface area (TPSA) is 107 Å². The number of nitrogens with two attached hydrogens (primary N) is 1. The highest BCUT2D eigenvalue weighted by Gasteiger charge is 2.25. The molecular formula is C9H8ClN3O4. The summed E-state index contributed by atoms with van der Waals surface area (Å²) in [6.45, 7) is 0. The van der Waals surface area contributed by atoms with Gasteiger partial charge in [0, 0.05) is 6.07 Å². The van der Waals surface area contributed by atoms with E-state index in [0.29, 0.717) is 0 Å². The van der Waals surface area contributed by atoms with Crippen molar-refractivity contribution in [3.63, 3.8) is 0 Å². The highest BCUT2D eigenvalue weighted by atomic mass is 35.5. The van der Waals surface area contributed by atoms with Gasteiger partial charge in [-0.1, -0.05) is 12.1 Å². The van der Waals surface area contributed by atoms with E-state index in [4.69, 9.17) is 17.4 Å². The third kappa shape index (κ3) is 2.77. The molecule has 0 atom stereocenters. The molecule has 0 aliphatic carbocycles. The predicted octanol–water partition coefficient (Wildman–Crippen LogP) is 0.676. The SMILES string of the molecule is NN(C(=O)CCl)C(=O)c1ccccc1[N+](=O)[O-]. The van der Waals surface area contributed by atoms with Crippen LogP contribution in [0.3, 0.4) is 0 Å². The molecule has 2 N–H and O–H groups in total. The fourth-order valence-electron chi connectivity index (χ4n) is 1.12. The molecule has 0 saturated carbocycles.